The predicted molar refractivity (Wildman–Crippen MR) is 66.2 cm³/mol. The summed E-state index contributed by atoms with van der Waals surface area (Å²) in [6.07, 6.45) is 2.53. The first-order valence-electron chi connectivity index (χ1n) is 5.41. The Labute approximate surface area is 117 Å². The van der Waals surface area contributed by atoms with Crippen LogP contribution in [0.15, 0.2) is 23.2 Å². The predicted octanol–water partition coefficient (Wildman–Crippen LogP) is 0.999. The van der Waals surface area contributed by atoms with E-state index in [2.05, 4.69) is 25.0 Å². The summed E-state index contributed by atoms with van der Waals surface area (Å²) in [7, 11) is 0. The lowest BCUT2D eigenvalue weighted by atomic mass is 10.2. The third-order valence-electron chi connectivity index (χ3n) is 2.32. The van der Waals surface area contributed by atoms with Crippen LogP contribution in [0.4, 0.5) is 5.69 Å². The molecule has 2 heterocycles. The topological polar surface area (TPSA) is 124 Å². The minimum absolute atomic E-state index is 0.0611. The molecule has 0 aliphatic rings. The smallest absolute Gasteiger partial charge is 0.288 e. The maximum absolute atomic E-state index is 11.8. The number of halogens is 1. The summed E-state index contributed by atoms with van der Waals surface area (Å²) in [6, 6.07) is 1.07. The number of hydrogen-bond donors (Lipinski definition) is 1. The Bertz CT molecular complexity index is 631. The first-order valence-corrected chi connectivity index (χ1v) is 5.79. The largest absolute Gasteiger partial charge is 0.351 e. The molecule has 2 aromatic heterocycles. The third kappa shape index (κ3) is 3.26. The number of rotatable bonds is 5. The van der Waals surface area contributed by atoms with E-state index in [4.69, 9.17) is 11.6 Å². The van der Waals surface area contributed by atoms with Crippen molar-refractivity contribution in [3.05, 3.63) is 45.3 Å². The van der Waals surface area contributed by atoms with Crippen molar-refractivity contribution < 1.29 is 14.2 Å². The minimum atomic E-state index is -0.653. The Hall–Kier alpha value is -2.55. The van der Waals surface area contributed by atoms with Crippen LogP contribution >= 0.6 is 11.6 Å². The molecule has 9 nitrogen and oxygen atoms in total. The van der Waals surface area contributed by atoms with Gasteiger partial charge >= 0.3 is 0 Å². The van der Waals surface area contributed by atoms with Gasteiger partial charge in [0.1, 0.15) is 11.3 Å². The van der Waals surface area contributed by atoms with Gasteiger partial charge in [0.25, 0.3) is 11.6 Å². The van der Waals surface area contributed by atoms with Crippen molar-refractivity contribution in [1.82, 2.24) is 20.4 Å². The molecule has 10 heteroatoms. The molecule has 1 amide bonds. The average molecular weight is 298 g/mol. The summed E-state index contributed by atoms with van der Waals surface area (Å²) in [5, 5.41) is 16.6. The molecule has 0 radical (unpaired) electrons. The quantitative estimate of drug-likeness (QED) is 0.496. The summed E-state index contributed by atoms with van der Waals surface area (Å²) in [5.74, 6) is -0.122. The van der Waals surface area contributed by atoms with Gasteiger partial charge in [0, 0.05) is 19.0 Å². The maximum atomic E-state index is 11.8. The van der Waals surface area contributed by atoms with E-state index in [9.17, 15) is 14.9 Å². The summed E-state index contributed by atoms with van der Waals surface area (Å²) in [6.45, 7) is 0.234. The fraction of sp³-hybridized carbons (Fsp3) is 0.200. The second-order valence-corrected chi connectivity index (χ2v) is 4.00. The van der Waals surface area contributed by atoms with Gasteiger partial charge in [-0.1, -0.05) is 16.8 Å². The zero-order valence-electron chi connectivity index (χ0n) is 9.95. The highest BCUT2D eigenvalue weighted by molar-refractivity contribution is 6.32. The highest BCUT2D eigenvalue weighted by Crippen LogP contribution is 2.18. The van der Waals surface area contributed by atoms with Crippen LogP contribution < -0.4 is 5.32 Å². The van der Waals surface area contributed by atoms with Crippen molar-refractivity contribution in [2.24, 2.45) is 0 Å². The molecule has 0 saturated carbocycles. The average Bonchev–Trinajstić information content (AvgIpc) is 2.92. The summed E-state index contributed by atoms with van der Waals surface area (Å²) in [4.78, 5) is 29.2. The lowest BCUT2D eigenvalue weighted by Crippen LogP contribution is -2.26. The third-order valence-corrected chi connectivity index (χ3v) is 2.62. The van der Waals surface area contributed by atoms with E-state index in [0.29, 0.717) is 12.2 Å². The molecule has 0 saturated heterocycles. The van der Waals surface area contributed by atoms with Crippen molar-refractivity contribution in [2.45, 2.75) is 6.42 Å². The zero-order chi connectivity index (χ0) is 14.5. The van der Waals surface area contributed by atoms with Gasteiger partial charge in [0.15, 0.2) is 5.82 Å². The second-order valence-electron chi connectivity index (χ2n) is 3.64. The number of nitro groups is 1. The van der Waals surface area contributed by atoms with E-state index in [0.717, 1.165) is 12.3 Å². The number of aromatic nitrogens is 3. The number of nitrogens with zero attached hydrogens (tertiary/aromatic N) is 4. The molecule has 0 unspecified atom stereocenters. The minimum Gasteiger partial charge on any atom is -0.351 e. The Morgan fingerprint density at radius 1 is 1.50 bits per heavy atom. The molecule has 0 aromatic carbocycles. The molecule has 0 bridgehead atoms. The van der Waals surface area contributed by atoms with Gasteiger partial charge in [-0.25, -0.2) is 4.98 Å². The Morgan fingerprint density at radius 2 is 2.30 bits per heavy atom. The molecule has 0 spiro atoms. The zero-order valence-corrected chi connectivity index (χ0v) is 10.7. The van der Waals surface area contributed by atoms with Crippen LogP contribution in [0.2, 0.25) is 5.15 Å². The van der Waals surface area contributed by atoms with Crippen LogP contribution in [-0.2, 0) is 6.42 Å². The van der Waals surface area contributed by atoms with Crippen LogP contribution in [-0.4, -0.2) is 32.5 Å². The fourth-order valence-electron chi connectivity index (χ4n) is 1.38. The number of hydrogen-bond acceptors (Lipinski definition) is 7. The van der Waals surface area contributed by atoms with Crippen molar-refractivity contribution in [3.63, 3.8) is 0 Å². The lowest BCUT2D eigenvalue weighted by Gasteiger charge is -2.04. The number of pyridine rings is 1. The Balaban J connectivity index is 2.01. The SMILES string of the molecule is O=C(NCCc1ncon1)c1cc([N+](=O)[O-])cnc1Cl. The van der Waals surface area contributed by atoms with E-state index in [1.807, 2.05) is 0 Å². The monoisotopic (exact) mass is 297 g/mol. The molecule has 1 N–H and O–H groups in total. The number of amides is 1. The van der Waals surface area contributed by atoms with E-state index in [-0.39, 0.29) is 22.9 Å². The van der Waals surface area contributed by atoms with Crippen LogP contribution in [0, 0.1) is 10.1 Å². The van der Waals surface area contributed by atoms with Gasteiger partial charge in [0.05, 0.1) is 10.5 Å². The normalized spacial score (nSPS) is 10.2. The highest BCUT2D eigenvalue weighted by Gasteiger charge is 2.16. The van der Waals surface area contributed by atoms with Gasteiger partial charge in [-0.2, -0.15) is 4.98 Å². The maximum Gasteiger partial charge on any atom is 0.288 e. The van der Waals surface area contributed by atoms with E-state index in [1.54, 1.807) is 0 Å². The van der Waals surface area contributed by atoms with Gasteiger partial charge < -0.3 is 9.84 Å². The molecule has 0 aliphatic carbocycles. The van der Waals surface area contributed by atoms with Gasteiger partial charge in [0.2, 0.25) is 6.39 Å². The number of carbonyl (C=O) groups is 1. The molecular formula is C10H8ClN5O4. The highest BCUT2D eigenvalue weighted by atomic mass is 35.5. The standard InChI is InChI=1S/C10H8ClN5O4/c11-9-7(3-6(4-13-9)16(18)19)10(17)12-2-1-8-14-5-20-15-8/h3-5H,1-2H2,(H,12,17). The van der Waals surface area contributed by atoms with Crippen LogP contribution in [0.3, 0.4) is 0 Å². The first kappa shape index (κ1) is 13.9. The molecule has 2 aromatic rings. The molecule has 2 rings (SSSR count). The molecule has 104 valence electrons. The van der Waals surface area contributed by atoms with Crippen molar-refractivity contribution in [1.29, 1.82) is 0 Å². The van der Waals surface area contributed by atoms with E-state index >= 15 is 0 Å². The molecule has 20 heavy (non-hydrogen) atoms. The van der Waals surface area contributed by atoms with Crippen molar-refractivity contribution in [2.75, 3.05) is 6.54 Å². The second kappa shape index (κ2) is 6.06. The van der Waals surface area contributed by atoms with Gasteiger partial charge in [-0.15, -0.1) is 0 Å². The summed E-state index contributed by atoms with van der Waals surface area (Å²) in [5.41, 5.74) is -0.369. The fourth-order valence-corrected chi connectivity index (χ4v) is 1.57. The van der Waals surface area contributed by atoms with Gasteiger partial charge in [-0.3, -0.25) is 14.9 Å². The lowest BCUT2D eigenvalue weighted by molar-refractivity contribution is -0.385. The van der Waals surface area contributed by atoms with Crippen LogP contribution in [0.25, 0.3) is 0 Å². The van der Waals surface area contributed by atoms with E-state index < -0.39 is 10.8 Å². The van der Waals surface area contributed by atoms with Gasteiger partial charge in [-0.05, 0) is 0 Å². The van der Waals surface area contributed by atoms with Crippen LogP contribution in [0.5, 0.6) is 0 Å². The van der Waals surface area contributed by atoms with Crippen molar-refractivity contribution in [3.8, 4) is 0 Å². The summed E-state index contributed by atoms with van der Waals surface area (Å²) < 4.78 is 4.54. The molecule has 0 aliphatic heterocycles. The number of carbonyl (C=O) groups excluding carboxylic acids is 1. The Morgan fingerprint density at radius 3 is 2.95 bits per heavy atom. The van der Waals surface area contributed by atoms with Crippen LogP contribution in [0.1, 0.15) is 16.2 Å². The van der Waals surface area contributed by atoms with E-state index in [1.165, 1.54) is 6.39 Å². The summed E-state index contributed by atoms with van der Waals surface area (Å²) >= 11 is 5.74. The molecule has 0 fully saturated rings. The molecule has 0 atom stereocenters. The number of nitrogens with one attached hydrogen (secondary N) is 1. The van der Waals surface area contributed by atoms with Crippen molar-refractivity contribution >= 4 is 23.2 Å². The first-order chi connectivity index (χ1) is 9.58. The Kier molecular flexibility index (Phi) is 4.20. The molecular weight excluding hydrogens is 290 g/mol.